The van der Waals surface area contributed by atoms with Crippen LogP contribution in [0.25, 0.3) is 0 Å². The van der Waals surface area contributed by atoms with Crippen LogP contribution in [0.4, 0.5) is 15.8 Å². The number of nitro benzene ring substituents is 1. The zero-order chi connectivity index (χ0) is 14.7. The summed E-state index contributed by atoms with van der Waals surface area (Å²) in [7, 11) is 0. The monoisotopic (exact) mass is 283 g/mol. The summed E-state index contributed by atoms with van der Waals surface area (Å²) in [5.41, 5.74) is 4.22. The predicted molar refractivity (Wildman–Crippen MR) is 68.8 cm³/mol. The van der Waals surface area contributed by atoms with Crippen LogP contribution in [0.15, 0.2) is 12.1 Å². The Balaban J connectivity index is 2.37. The maximum absolute atomic E-state index is 13.8. The summed E-state index contributed by atoms with van der Waals surface area (Å²) in [5, 5.41) is 10.8. The standard InChI is InChI=1S/C12H14FN3O4/c13-8-2-3-9(16(18)19)11(14)10(8)12(17)15-4-1-6-20-7-5-15/h2-3H,1,4-7,14H2. The minimum absolute atomic E-state index is 0.306. The third-order valence-electron chi connectivity index (χ3n) is 3.09. The summed E-state index contributed by atoms with van der Waals surface area (Å²) >= 11 is 0. The Morgan fingerprint density at radius 1 is 1.40 bits per heavy atom. The molecule has 1 fully saturated rings. The highest BCUT2D eigenvalue weighted by Crippen LogP contribution is 2.28. The van der Waals surface area contributed by atoms with E-state index in [4.69, 9.17) is 10.5 Å². The van der Waals surface area contributed by atoms with Crippen LogP contribution < -0.4 is 5.73 Å². The Hall–Kier alpha value is -2.22. The number of hydrogen-bond acceptors (Lipinski definition) is 5. The molecule has 0 bridgehead atoms. The second-order valence-corrected chi connectivity index (χ2v) is 4.37. The maximum Gasteiger partial charge on any atom is 0.293 e. The van der Waals surface area contributed by atoms with E-state index in [1.54, 1.807) is 0 Å². The number of carbonyl (C=O) groups is 1. The Labute approximate surface area is 114 Å². The molecule has 1 aromatic rings. The number of anilines is 1. The predicted octanol–water partition coefficient (Wildman–Crippen LogP) is 1.18. The average Bonchev–Trinajstić information content (AvgIpc) is 2.66. The SMILES string of the molecule is Nc1c([N+](=O)[O-])ccc(F)c1C(=O)N1CCCOCC1. The summed E-state index contributed by atoms with van der Waals surface area (Å²) in [5.74, 6) is -1.50. The number of nitrogens with zero attached hydrogens (tertiary/aromatic N) is 2. The minimum atomic E-state index is -0.858. The van der Waals surface area contributed by atoms with Crippen LogP contribution in [0.3, 0.4) is 0 Å². The number of hydrogen-bond donors (Lipinski definition) is 1. The van der Waals surface area contributed by atoms with Gasteiger partial charge in [0.05, 0.1) is 11.5 Å². The number of rotatable bonds is 2. The molecule has 20 heavy (non-hydrogen) atoms. The van der Waals surface area contributed by atoms with Gasteiger partial charge in [-0.05, 0) is 12.5 Å². The fraction of sp³-hybridized carbons (Fsp3) is 0.417. The lowest BCUT2D eigenvalue weighted by Crippen LogP contribution is -2.34. The van der Waals surface area contributed by atoms with Crippen LogP contribution in [0.2, 0.25) is 0 Å². The van der Waals surface area contributed by atoms with E-state index in [0.29, 0.717) is 32.7 Å². The van der Waals surface area contributed by atoms with Crippen molar-refractivity contribution in [1.82, 2.24) is 4.90 Å². The van der Waals surface area contributed by atoms with Crippen molar-refractivity contribution < 1.29 is 18.8 Å². The molecule has 0 radical (unpaired) electrons. The maximum atomic E-state index is 13.8. The molecule has 1 aliphatic rings. The molecule has 1 aromatic carbocycles. The van der Waals surface area contributed by atoms with Crippen molar-refractivity contribution in [2.24, 2.45) is 0 Å². The van der Waals surface area contributed by atoms with Gasteiger partial charge in [-0.2, -0.15) is 0 Å². The molecule has 0 aromatic heterocycles. The van der Waals surface area contributed by atoms with Gasteiger partial charge in [-0.3, -0.25) is 14.9 Å². The van der Waals surface area contributed by atoms with E-state index in [2.05, 4.69) is 0 Å². The van der Waals surface area contributed by atoms with Crippen LogP contribution in [0, 0.1) is 15.9 Å². The first-order valence-electron chi connectivity index (χ1n) is 6.11. The molecule has 0 aliphatic carbocycles. The topological polar surface area (TPSA) is 98.7 Å². The van der Waals surface area contributed by atoms with Gasteiger partial charge in [0.2, 0.25) is 0 Å². The average molecular weight is 283 g/mol. The fourth-order valence-corrected chi connectivity index (χ4v) is 2.07. The van der Waals surface area contributed by atoms with E-state index in [0.717, 1.165) is 12.1 Å². The first-order chi connectivity index (χ1) is 9.52. The molecule has 1 heterocycles. The molecule has 1 amide bonds. The Kier molecular flexibility index (Phi) is 4.14. The van der Waals surface area contributed by atoms with Crippen molar-refractivity contribution in [2.75, 3.05) is 32.0 Å². The summed E-state index contributed by atoms with van der Waals surface area (Å²) in [6.45, 7) is 1.58. The first-order valence-corrected chi connectivity index (χ1v) is 6.11. The third-order valence-corrected chi connectivity index (χ3v) is 3.09. The number of ether oxygens (including phenoxy) is 1. The van der Waals surface area contributed by atoms with Crippen molar-refractivity contribution in [2.45, 2.75) is 6.42 Å². The van der Waals surface area contributed by atoms with Crippen molar-refractivity contribution in [3.05, 3.63) is 33.6 Å². The van der Waals surface area contributed by atoms with E-state index in [9.17, 15) is 19.3 Å². The van der Waals surface area contributed by atoms with Gasteiger partial charge in [0, 0.05) is 25.8 Å². The van der Waals surface area contributed by atoms with Gasteiger partial charge >= 0.3 is 0 Å². The number of nitrogen functional groups attached to an aromatic ring is 1. The van der Waals surface area contributed by atoms with Gasteiger partial charge in [0.1, 0.15) is 17.1 Å². The first kappa shape index (κ1) is 14.2. The largest absolute Gasteiger partial charge is 0.392 e. The Morgan fingerprint density at radius 3 is 2.85 bits per heavy atom. The lowest BCUT2D eigenvalue weighted by atomic mass is 10.1. The number of benzene rings is 1. The lowest BCUT2D eigenvalue weighted by Gasteiger charge is -2.20. The van der Waals surface area contributed by atoms with Crippen molar-refractivity contribution in [1.29, 1.82) is 0 Å². The quantitative estimate of drug-likeness (QED) is 0.499. The molecule has 8 heteroatoms. The fourth-order valence-electron chi connectivity index (χ4n) is 2.07. The van der Waals surface area contributed by atoms with E-state index in [-0.39, 0.29) is 0 Å². The van der Waals surface area contributed by atoms with Crippen LogP contribution in [-0.2, 0) is 4.74 Å². The van der Waals surface area contributed by atoms with Gasteiger partial charge in [0.25, 0.3) is 11.6 Å². The zero-order valence-electron chi connectivity index (χ0n) is 10.7. The molecule has 2 N–H and O–H groups in total. The van der Waals surface area contributed by atoms with Crippen LogP contribution in [0.1, 0.15) is 16.8 Å². The van der Waals surface area contributed by atoms with E-state index >= 15 is 0 Å². The number of carbonyl (C=O) groups excluding carboxylic acids is 1. The van der Waals surface area contributed by atoms with Crippen molar-refractivity contribution >= 4 is 17.3 Å². The highest BCUT2D eigenvalue weighted by molar-refractivity contribution is 6.01. The van der Waals surface area contributed by atoms with Crippen molar-refractivity contribution in [3.8, 4) is 0 Å². The molecule has 1 aliphatic heterocycles. The molecule has 2 rings (SSSR count). The van der Waals surface area contributed by atoms with Gasteiger partial charge in [-0.25, -0.2) is 4.39 Å². The molecular formula is C12H14FN3O4. The van der Waals surface area contributed by atoms with Gasteiger partial charge < -0.3 is 15.4 Å². The second kappa shape index (κ2) is 5.83. The summed E-state index contributed by atoms with van der Waals surface area (Å²) in [6.07, 6.45) is 0.627. The molecule has 1 saturated heterocycles. The summed E-state index contributed by atoms with van der Waals surface area (Å²) in [6, 6.07) is 1.84. The number of nitrogens with two attached hydrogens (primary N) is 1. The van der Waals surface area contributed by atoms with Crippen LogP contribution >= 0.6 is 0 Å². The van der Waals surface area contributed by atoms with E-state index < -0.39 is 33.6 Å². The molecular weight excluding hydrogens is 269 g/mol. The molecule has 0 unspecified atom stereocenters. The third kappa shape index (κ3) is 2.69. The number of amides is 1. The lowest BCUT2D eigenvalue weighted by molar-refractivity contribution is -0.384. The molecule has 0 atom stereocenters. The normalized spacial score (nSPS) is 15.8. The van der Waals surface area contributed by atoms with E-state index in [1.807, 2.05) is 0 Å². The summed E-state index contributed by atoms with van der Waals surface area (Å²) < 4.78 is 19.0. The summed E-state index contributed by atoms with van der Waals surface area (Å²) in [4.78, 5) is 23.7. The van der Waals surface area contributed by atoms with Crippen LogP contribution in [0.5, 0.6) is 0 Å². The zero-order valence-corrected chi connectivity index (χ0v) is 10.7. The Morgan fingerprint density at radius 2 is 2.15 bits per heavy atom. The molecule has 108 valence electrons. The molecule has 0 saturated carbocycles. The van der Waals surface area contributed by atoms with Crippen molar-refractivity contribution in [3.63, 3.8) is 0 Å². The molecule has 0 spiro atoms. The minimum Gasteiger partial charge on any atom is -0.392 e. The number of nitro groups is 1. The van der Waals surface area contributed by atoms with Gasteiger partial charge in [0.15, 0.2) is 0 Å². The smallest absolute Gasteiger partial charge is 0.293 e. The number of halogens is 1. The Bertz CT molecular complexity index is 542. The second-order valence-electron chi connectivity index (χ2n) is 4.37. The van der Waals surface area contributed by atoms with E-state index in [1.165, 1.54) is 4.90 Å². The molecule has 7 nitrogen and oxygen atoms in total. The highest BCUT2D eigenvalue weighted by atomic mass is 19.1. The van der Waals surface area contributed by atoms with Crippen LogP contribution in [-0.4, -0.2) is 42.0 Å². The van der Waals surface area contributed by atoms with Gasteiger partial charge in [-0.15, -0.1) is 0 Å². The highest BCUT2D eigenvalue weighted by Gasteiger charge is 2.27. The van der Waals surface area contributed by atoms with Gasteiger partial charge in [-0.1, -0.05) is 0 Å².